The lowest BCUT2D eigenvalue weighted by Crippen LogP contribution is -2.33. The van der Waals surface area contributed by atoms with E-state index in [9.17, 15) is 13.2 Å². The molecule has 5 N–H and O–H groups in total. The summed E-state index contributed by atoms with van der Waals surface area (Å²) in [5.74, 6) is -1.34. The van der Waals surface area contributed by atoms with Gasteiger partial charge in [-0.2, -0.15) is 0 Å². The molecule has 0 aliphatic rings. The lowest BCUT2D eigenvalue weighted by molar-refractivity contribution is 0.0692. The van der Waals surface area contributed by atoms with Crippen LogP contribution in [0.3, 0.4) is 0 Å². The van der Waals surface area contributed by atoms with Crippen LogP contribution in [-0.4, -0.2) is 37.2 Å². The maximum Gasteiger partial charge on any atom is 0.337 e. The second-order valence-electron chi connectivity index (χ2n) is 4.45. The summed E-state index contributed by atoms with van der Waals surface area (Å²) in [5, 5.41) is 17.7. The number of carboxylic acids is 1. The van der Waals surface area contributed by atoms with Crippen LogP contribution in [0.4, 0.5) is 5.69 Å². The van der Waals surface area contributed by atoms with Crippen molar-refractivity contribution in [3.05, 3.63) is 23.8 Å². The first kappa shape index (κ1) is 16.4. The highest BCUT2D eigenvalue weighted by Gasteiger charge is 2.24. The minimum atomic E-state index is -3.98. The third kappa shape index (κ3) is 4.19. The highest BCUT2D eigenvalue weighted by Crippen LogP contribution is 2.20. The standard InChI is InChI=1S/C12H18N2O5S/c1-8(3-2-6-15)14-20(18,19)11-7-9(13)4-5-10(11)12(16)17/h4-5,7-8,14-15H,2-3,6,13H2,1H3,(H,16,17). The molecule has 1 aromatic rings. The van der Waals surface area contributed by atoms with Gasteiger partial charge in [0, 0.05) is 18.3 Å². The maximum absolute atomic E-state index is 12.2. The quantitative estimate of drug-likeness (QED) is 0.540. The molecule has 1 atom stereocenters. The number of anilines is 1. The first-order chi connectivity index (χ1) is 9.27. The van der Waals surface area contributed by atoms with Gasteiger partial charge in [-0.15, -0.1) is 0 Å². The maximum atomic E-state index is 12.2. The Bertz CT molecular complexity index is 586. The molecule has 8 heteroatoms. The Hall–Kier alpha value is -1.64. The van der Waals surface area contributed by atoms with E-state index in [0.717, 1.165) is 12.1 Å². The molecule has 1 rings (SSSR count). The zero-order valence-corrected chi connectivity index (χ0v) is 11.9. The minimum Gasteiger partial charge on any atom is -0.478 e. The molecule has 0 radical (unpaired) electrons. The summed E-state index contributed by atoms with van der Waals surface area (Å²) in [6.07, 6.45) is 0.896. The fourth-order valence-electron chi connectivity index (χ4n) is 1.72. The molecule has 0 amide bonds. The number of nitrogens with two attached hydrogens (primary N) is 1. The van der Waals surface area contributed by atoms with Gasteiger partial charge in [0.05, 0.1) is 10.5 Å². The number of benzene rings is 1. The van der Waals surface area contributed by atoms with Gasteiger partial charge in [0.25, 0.3) is 0 Å². The van der Waals surface area contributed by atoms with Crippen molar-refractivity contribution in [1.29, 1.82) is 0 Å². The fraction of sp³-hybridized carbons (Fsp3) is 0.417. The van der Waals surface area contributed by atoms with Gasteiger partial charge in [-0.3, -0.25) is 0 Å². The number of sulfonamides is 1. The van der Waals surface area contributed by atoms with Crippen molar-refractivity contribution >= 4 is 21.7 Å². The molecule has 1 unspecified atom stereocenters. The summed E-state index contributed by atoms with van der Waals surface area (Å²) in [6, 6.07) is 3.18. The third-order valence-electron chi connectivity index (χ3n) is 2.68. The molecule has 20 heavy (non-hydrogen) atoms. The minimum absolute atomic E-state index is 0.0370. The van der Waals surface area contributed by atoms with Crippen LogP contribution in [0.5, 0.6) is 0 Å². The summed E-state index contributed by atoms with van der Waals surface area (Å²) in [7, 11) is -3.98. The monoisotopic (exact) mass is 302 g/mol. The fourth-order valence-corrected chi connectivity index (χ4v) is 3.23. The van der Waals surface area contributed by atoms with E-state index in [1.807, 2.05) is 0 Å². The highest BCUT2D eigenvalue weighted by atomic mass is 32.2. The largest absolute Gasteiger partial charge is 0.478 e. The van der Waals surface area contributed by atoms with E-state index in [1.165, 1.54) is 6.07 Å². The second kappa shape index (κ2) is 6.69. The summed E-state index contributed by atoms with van der Waals surface area (Å²) in [4.78, 5) is 10.7. The molecule has 0 bridgehead atoms. The van der Waals surface area contributed by atoms with Crippen molar-refractivity contribution in [3.63, 3.8) is 0 Å². The van der Waals surface area contributed by atoms with E-state index < -0.39 is 22.0 Å². The predicted molar refractivity (Wildman–Crippen MR) is 73.9 cm³/mol. The molecule has 0 fully saturated rings. The lowest BCUT2D eigenvalue weighted by atomic mass is 10.2. The molecular formula is C12H18N2O5S. The van der Waals surface area contributed by atoms with Gasteiger partial charge in [-0.1, -0.05) is 0 Å². The van der Waals surface area contributed by atoms with Gasteiger partial charge in [0.2, 0.25) is 10.0 Å². The van der Waals surface area contributed by atoms with E-state index in [4.69, 9.17) is 15.9 Å². The van der Waals surface area contributed by atoms with Crippen LogP contribution >= 0.6 is 0 Å². The number of hydrogen-bond donors (Lipinski definition) is 4. The number of nitrogens with one attached hydrogen (secondary N) is 1. The van der Waals surface area contributed by atoms with Crippen molar-refractivity contribution < 1.29 is 23.4 Å². The van der Waals surface area contributed by atoms with Gasteiger partial charge < -0.3 is 15.9 Å². The van der Waals surface area contributed by atoms with Gasteiger partial charge in [-0.25, -0.2) is 17.9 Å². The van der Waals surface area contributed by atoms with Crippen molar-refractivity contribution in [2.24, 2.45) is 0 Å². The topological polar surface area (TPSA) is 130 Å². The molecule has 0 aliphatic carbocycles. The zero-order valence-electron chi connectivity index (χ0n) is 11.0. The van der Waals surface area contributed by atoms with Crippen LogP contribution in [0, 0.1) is 0 Å². The summed E-state index contributed by atoms with van der Waals surface area (Å²) < 4.78 is 26.8. The average molecular weight is 302 g/mol. The van der Waals surface area contributed by atoms with E-state index in [0.29, 0.717) is 12.8 Å². The molecule has 0 aliphatic heterocycles. The molecule has 7 nitrogen and oxygen atoms in total. The number of carbonyl (C=O) groups is 1. The normalized spacial score (nSPS) is 13.1. The number of carboxylic acid groups (broad SMARTS) is 1. The van der Waals surface area contributed by atoms with Crippen LogP contribution in [0.1, 0.15) is 30.1 Å². The van der Waals surface area contributed by atoms with Crippen LogP contribution in [0.25, 0.3) is 0 Å². The highest BCUT2D eigenvalue weighted by molar-refractivity contribution is 7.89. The SMILES string of the molecule is CC(CCCO)NS(=O)(=O)c1cc(N)ccc1C(=O)O. The molecule has 0 aromatic heterocycles. The smallest absolute Gasteiger partial charge is 0.337 e. The zero-order chi connectivity index (χ0) is 15.3. The molecular weight excluding hydrogens is 284 g/mol. The molecule has 1 aromatic carbocycles. The Kier molecular flexibility index (Phi) is 5.49. The molecule has 0 saturated heterocycles. The van der Waals surface area contributed by atoms with Crippen molar-refractivity contribution in [2.45, 2.75) is 30.7 Å². The van der Waals surface area contributed by atoms with E-state index in [1.54, 1.807) is 6.92 Å². The van der Waals surface area contributed by atoms with Crippen molar-refractivity contribution in [1.82, 2.24) is 4.72 Å². The summed E-state index contributed by atoms with van der Waals surface area (Å²) in [5.41, 5.74) is 5.35. The number of hydrogen-bond acceptors (Lipinski definition) is 5. The molecule has 112 valence electrons. The Morgan fingerprint density at radius 1 is 1.45 bits per heavy atom. The van der Waals surface area contributed by atoms with E-state index >= 15 is 0 Å². The van der Waals surface area contributed by atoms with Gasteiger partial charge in [-0.05, 0) is 38.0 Å². The first-order valence-corrected chi connectivity index (χ1v) is 7.52. The van der Waals surface area contributed by atoms with Crippen LogP contribution in [0.2, 0.25) is 0 Å². The van der Waals surface area contributed by atoms with Crippen LogP contribution in [0.15, 0.2) is 23.1 Å². The van der Waals surface area contributed by atoms with Gasteiger partial charge in [0.1, 0.15) is 0 Å². The first-order valence-electron chi connectivity index (χ1n) is 6.04. The van der Waals surface area contributed by atoms with Crippen molar-refractivity contribution in [3.8, 4) is 0 Å². The Morgan fingerprint density at radius 2 is 2.10 bits per heavy atom. The lowest BCUT2D eigenvalue weighted by Gasteiger charge is -2.15. The molecule has 0 heterocycles. The molecule has 0 spiro atoms. The summed E-state index contributed by atoms with van der Waals surface area (Å²) in [6.45, 7) is 1.60. The van der Waals surface area contributed by atoms with Gasteiger partial charge in [0.15, 0.2) is 0 Å². The predicted octanol–water partition coefficient (Wildman–Crippen LogP) is 0.406. The summed E-state index contributed by atoms with van der Waals surface area (Å²) >= 11 is 0. The number of rotatable bonds is 7. The number of nitrogen functional groups attached to an aromatic ring is 1. The molecule has 0 saturated carbocycles. The Morgan fingerprint density at radius 3 is 2.65 bits per heavy atom. The second-order valence-corrected chi connectivity index (χ2v) is 6.13. The van der Waals surface area contributed by atoms with E-state index in [2.05, 4.69) is 4.72 Å². The third-order valence-corrected chi connectivity index (χ3v) is 4.31. The Balaban J connectivity index is 3.09. The number of aliphatic hydroxyl groups excluding tert-OH is 1. The van der Waals surface area contributed by atoms with E-state index in [-0.39, 0.29) is 22.8 Å². The number of aliphatic hydroxyl groups is 1. The Labute approximate surface area is 117 Å². The van der Waals surface area contributed by atoms with Crippen LogP contribution in [-0.2, 0) is 10.0 Å². The number of aromatic carboxylic acids is 1. The van der Waals surface area contributed by atoms with Crippen LogP contribution < -0.4 is 10.5 Å². The van der Waals surface area contributed by atoms with Crippen molar-refractivity contribution in [2.75, 3.05) is 12.3 Å². The van der Waals surface area contributed by atoms with Gasteiger partial charge >= 0.3 is 5.97 Å². The average Bonchev–Trinajstić information content (AvgIpc) is 2.35.